The number of carbonyl (C=O) groups is 2. The number of likely N-dealkylation sites (N-methyl/N-ethyl adjacent to an activating group) is 1. The summed E-state index contributed by atoms with van der Waals surface area (Å²) in [4.78, 5) is 37.2. The lowest BCUT2D eigenvalue weighted by atomic mass is 10.1. The fourth-order valence-corrected chi connectivity index (χ4v) is 4.18. The van der Waals surface area contributed by atoms with Crippen LogP contribution in [0.15, 0.2) is 47.4 Å². The number of nitrogens with zero attached hydrogens (tertiary/aromatic N) is 2. The predicted octanol–water partition coefficient (Wildman–Crippen LogP) is 4.43. The number of hydrogen-bond acceptors (Lipinski definition) is 8. The number of amides is 1. The van der Waals surface area contributed by atoms with Crippen molar-refractivity contribution in [3.05, 3.63) is 68.6 Å². The number of esters is 1. The molecule has 0 unspecified atom stereocenters. The SMILES string of the molecule is CCOc1cc(C=C2SC(=S)N(CC)C2=O)ccc1OC(=O)c1cccc([N+](=O)[O-])c1. The van der Waals surface area contributed by atoms with E-state index in [9.17, 15) is 19.7 Å². The molecule has 0 radical (unpaired) electrons. The first kappa shape index (κ1) is 22.4. The van der Waals surface area contributed by atoms with Crippen molar-refractivity contribution in [2.75, 3.05) is 13.2 Å². The Balaban J connectivity index is 1.86. The number of thioether (sulfide) groups is 1. The molecule has 160 valence electrons. The molecule has 1 fully saturated rings. The van der Waals surface area contributed by atoms with Crippen LogP contribution in [0, 0.1) is 10.1 Å². The van der Waals surface area contributed by atoms with Crippen molar-refractivity contribution < 1.29 is 24.0 Å². The van der Waals surface area contributed by atoms with E-state index in [4.69, 9.17) is 21.7 Å². The number of non-ortho nitro benzene ring substituents is 1. The Kier molecular flexibility index (Phi) is 7.03. The Bertz CT molecular complexity index is 1100. The normalized spacial score (nSPS) is 14.8. The summed E-state index contributed by atoms with van der Waals surface area (Å²) in [7, 11) is 0. The van der Waals surface area contributed by atoms with Gasteiger partial charge in [0, 0.05) is 18.7 Å². The van der Waals surface area contributed by atoms with Crippen molar-refractivity contribution in [3.63, 3.8) is 0 Å². The zero-order valence-corrected chi connectivity index (χ0v) is 18.3. The van der Waals surface area contributed by atoms with Crippen molar-refractivity contribution in [1.29, 1.82) is 0 Å². The lowest BCUT2D eigenvalue weighted by Crippen LogP contribution is -2.27. The second kappa shape index (κ2) is 9.71. The van der Waals surface area contributed by atoms with Crippen LogP contribution < -0.4 is 9.47 Å². The monoisotopic (exact) mass is 458 g/mol. The minimum atomic E-state index is -0.749. The van der Waals surface area contributed by atoms with E-state index in [-0.39, 0.29) is 22.9 Å². The average Bonchev–Trinajstić information content (AvgIpc) is 3.02. The van der Waals surface area contributed by atoms with E-state index in [2.05, 4.69) is 0 Å². The number of carbonyl (C=O) groups excluding carboxylic acids is 2. The highest BCUT2D eigenvalue weighted by Gasteiger charge is 2.30. The molecule has 0 atom stereocenters. The summed E-state index contributed by atoms with van der Waals surface area (Å²) in [5, 5.41) is 10.9. The first-order chi connectivity index (χ1) is 14.8. The third kappa shape index (κ3) is 5.09. The largest absolute Gasteiger partial charge is 0.490 e. The van der Waals surface area contributed by atoms with Crippen LogP contribution >= 0.6 is 24.0 Å². The van der Waals surface area contributed by atoms with Crippen LogP contribution in [0.4, 0.5) is 5.69 Å². The Morgan fingerprint density at radius 3 is 2.65 bits per heavy atom. The van der Waals surface area contributed by atoms with Crippen molar-refractivity contribution in [2.45, 2.75) is 13.8 Å². The van der Waals surface area contributed by atoms with E-state index < -0.39 is 10.9 Å². The first-order valence-electron chi connectivity index (χ1n) is 9.32. The fraction of sp³-hybridized carbons (Fsp3) is 0.190. The summed E-state index contributed by atoms with van der Waals surface area (Å²) >= 11 is 6.44. The lowest BCUT2D eigenvalue weighted by molar-refractivity contribution is -0.384. The smallest absolute Gasteiger partial charge is 0.343 e. The minimum absolute atomic E-state index is 0.0453. The second-order valence-corrected chi connectivity index (χ2v) is 7.94. The predicted molar refractivity (Wildman–Crippen MR) is 121 cm³/mol. The molecule has 1 heterocycles. The van der Waals surface area contributed by atoms with Crippen LogP contribution in [0.2, 0.25) is 0 Å². The molecule has 0 saturated carbocycles. The van der Waals surface area contributed by atoms with Crippen LogP contribution in [-0.2, 0) is 4.79 Å². The van der Waals surface area contributed by atoms with Gasteiger partial charge in [0.2, 0.25) is 0 Å². The number of thiocarbonyl (C=S) groups is 1. The van der Waals surface area contributed by atoms with Gasteiger partial charge in [-0.2, -0.15) is 0 Å². The number of benzene rings is 2. The minimum Gasteiger partial charge on any atom is -0.490 e. The van der Waals surface area contributed by atoms with Crippen LogP contribution in [0.25, 0.3) is 6.08 Å². The Labute approximate surface area is 188 Å². The Hall–Kier alpha value is -3.24. The van der Waals surface area contributed by atoms with Crippen molar-refractivity contribution in [2.24, 2.45) is 0 Å². The number of nitro groups is 1. The maximum Gasteiger partial charge on any atom is 0.343 e. The molecule has 0 aromatic heterocycles. The third-order valence-electron chi connectivity index (χ3n) is 4.25. The summed E-state index contributed by atoms with van der Waals surface area (Å²) in [6, 6.07) is 10.2. The highest BCUT2D eigenvalue weighted by atomic mass is 32.2. The molecule has 0 aliphatic carbocycles. The lowest BCUT2D eigenvalue weighted by Gasteiger charge is -2.12. The summed E-state index contributed by atoms with van der Waals surface area (Å²) in [6.45, 7) is 4.46. The molecule has 1 amide bonds. The quantitative estimate of drug-likeness (QED) is 0.150. The number of ether oxygens (including phenoxy) is 2. The standard InChI is InChI=1S/C21H18N2O6S2/c1-3-22-19(24)18(31-21(22)30)11-13-8-9-16(17(10-13)28-4-2)29-20(25)14-6-5-7-15(12-14)23(26)27/h5-12H,3-4H2,1-2H3. The van der Waals surface area contributed by atoms with Crippen molar-refractivity contribution >= 4 is 51.9 Å². The van der Waals surface area contributed by atoms with Gasteiger partial charge in [0.05, 0.1) is 22.0 Å². The van der Waals surface area contributed by atoms with Crippen molar-refractivity contribution in [1.82, 2.24) is 4.90 Å². The number of nitro benzene ring substituents is 1. The molecular formula is C21H18N2O6S2. The molecule has 1 saturated heterocycles. The summed E-state index contributed by atoms with van der Waals surface area (Å²) in [5.41, 5.74) is 0.512. The molecular weight excluding hydrogens is 440 g/mol. The van der Waals surface area contributed by atoms with Crippen molar-refractivity contribution in [3.8, 4) is 11.5 Å². The van der Waals surface area contributed by atoms with Gasteiger partial charge in [0.15, 0.2) is 11.5 Å². The van der Waals surface area contributed by atoms with E-state index in [1.807, 2.05) is 6.92 Å². The van der Waals surface area contributed by atoms with Gasteiger partial charge >= 0.3 is 5.97 Å². The highest BCUT2D eigenvalue weighted by molar-refractivity contribution is 8.26. The molecule has 0 bridgehead atoms. The van der Waals surface area contributed by atoms with Crippen LogP contribution in [0.1, 0.15) is 29.8 Å². The van der Waals surface area contributed by atoms with Gasteiger partial charge in [-0.25, -0.2) is 4.79 Å². The van der Waals surface area contributed by atoms with E-state index in [0.717, 1.165) is 6.07 Å². The van der Waals surface area contributed by atoms with Crippen LogP contribution in [0.5, 0.6) is 11.5 Å². The molecule has 3 rings (SSSR count). The highest BCUT2D eigenvalue weighted by Crippen LogP contribution is 2.35. The average molecular weight is 459 g/mol. The number of hydrogen-bond donors (Lipinski definition) is 0. The zero-order valence-electron chi connectivity index (χ0n) is 16.7. The van der Waals surface area contributed by atoms with Gasteiger partial charge < -0.3 is 9.47 Å². The van der Waals surface area contributed by atoms with Gasteiger partial charge in [-0.15, -0.1) is 0 Å². The van der Waals surface area contributed by atoms with Crippen LogP contribution in [-0.4, -0.2) is 39.2 Å². The molecule has 2 aromatic carbocycles. The molecule has 1 aliphatic rings. The maximum atomic E-state index is 12.5. The van der Waals surface area contributed by atoms with Gasteiger partial charge in [0.25, 0.3) is 11.6 Å². The zero-order chi connectivity index (χ0) is 22.5. The van der Waals surface area contributed by atoms with E-state index in [1.165, 1.54) is 34.9 Å². The summed E-state index contributed by atoms with van der Waals surface area (Å²) < 4.78 is 11.5. The summed E-state index contributed by atoms with van der Waals surface area (Å²) in [5.74, 6) is -0.435. The van der Waals surface area contributed by atoms with Gasteiger partial charge in [0.1, 0.15) is 4.32 Å². The Morgan fingerprint density at radius 1 is 1.23 bits per heavy atom. The first-order valence-corrected chi connectivity index (χ1v) is 10.5. The molecule has 0 N–H and O–H groups in total. The van der Waals surface area contributed by atoms with Gasteiger partial charge in [-0.1, -0.05) is 36.1 Å². The van der Waals surface area contributed by atoms with Gasteiger partial charge in [-0.3, -0.25) is 19.8 Å². The molecule has 10 heteroatoms. The van der Waals surface area contributed by atoms with E-state index >= 15 is 0 Å². The van der Waals surface area contributed by atoms with Crippen LogP contribution in [0.3, 0.4) is 0 Å². The fourth-order valence-electron chi connectivity index (χ4n) is 2.80. The third-order valence-corrected chi connectivity index (χ3v) is 5.63. The molecule has 0 spiro atoms. The molecule has 2 aromatic rings. The molecule has 8 nitrogen and oxygen atoms in total. The van der Waals surface area contributed by atoms with Gasteiger partial charge in [-0.05, 0) is 43.7 Å². The topological polar surface area (TPSA) is 99.0 Å². The molecule has 1 aliphatic heterocycles. The van der Waals surface area contributed by atoms with E-state index in [0.29, 0.717) is 33.7 Å². The van der Waals surface area contributed by atoms with E-state index in [1.54, 1.807) is 31.2 Å². The molecule has 31 heavy (non-hydrogen) atoms. The maximum absolute atomic E-state index is 12.5. The Morgan fingerprint density at radius 2 is 2.00 bits per heavy atom. The summed E-state index contributed by atoms with van der Waals surface area (Å²) in [6.07, 6.45) is 1.70. The second-order valence-electron chi connectivity index (χ2n) is 6.26. The number of rotatable bonds is 7.